The summed E-state index contributed by atoms with van der Waals surface area (Å²) < 4.78 is 13.2. The molecule has 0 aromatic heterocycles. The summed E-state index contributed by atoms with van der Waals surface area (Å²) in [6.07, 6.45) is 4.08. The maximum absolute atomic E-state index is 13.2. The fraction of sp³-hybridized carbons (Fsp3) is 0.429. The minimum absolute atomic E-state index is 0.0578. The number of thiocarbonyl (C=S) groups is 1. The van der Waals surface area contributed by atoms with Gasteiger partial charge in [-0.25, -0.2) is 4.39 Å². The third-order valence-electron chi connectivity index (χ3n) is 3.52. The van der Waals surface area contributed by atoms with Gasteiger partial charge in [0.15, 0.2) is 0 Å². The molecule has 0 spiro atoms. The van der Waals surface area contributed by atoms with Crippen LogP contribution in [0.4, 0.5) is 4.39 Å². The zero-order chi connectivity index (χ0) is 14.7. The van der Waals surface area contributed by atoms with E-state index in [0.29, 0.717) is 5.56 Å². The Kier molecular flexibility index (Phi) is 4.94. The van der Waals surface area contributed by atoms with Gasteiger partial charge in [-0.1, -0.05) is 36.7 Å². The predicted molar refractivity (Wildman–Crippen MR) is 81.5 cm³/mol. The first-order valence-corrected chi connectivity index (χ1v) is 7.32. The molecule has 3 nitrogen and oxygen atoms in total. The highest BCUT2D eigenvalue weighted by atomic mass is 35.5. The van der Waals surface area contributed by atoms with E-state index in [2.05, 4.69) is 0 Å². The smallest absolute Gasteiger partial charge is 0.254 e. The standard InChI is InChI=1S/C14H16ClFN2OS/c15-11-7-9(5-6-12(11)16)14(19)18(8-13(17)20)10-3-1-2-4-10/h5-7,10H,1-4,8H2,(H2,17,20). The van der Waals surface area contributed by atoms with Gasteiger partial charge in [0, 0.05) is 11.6 Å². The molecule has 20 heavy (non-hydrogen) atoms. The number of hydrogen-bond donors (Lipinski definition) is 1. The summed E-state index contributed by atoms with van der Waals surface area (Å²) in [6, 6.07) is 4.13. The number of amides is 1. The normalized spacial score (nSPS) is 15.3. The van der Waals surface area contributed by atoms with Gasteiger partial charge in [-0.05, 0) is 31.0 Å². The van der Waals surface area contributed by atoms with E-state index in [1.54, 1.807) is 4.90 Å². The van der Waals surface area contributed by atoms with Gasteiger partial charge in [-0.2, -0.15) is 0 Å². The second kappa shape index (κ2) is 6.50. The van der Waals surface area contributed by atoms with Crippen molar-refractivity contribution in [1.29, 1.82) is 0 Å². The Labute approximate surface area is 127 Å². The Morgan fingerprint density at radius 1 is 1.45 bits per heavy atom. The lowest BCUT2D eigenvalue weighted by Gasteiger charge is -2.28. The van der Waals surface area contributed by atoms with Crippen molar-refractivity contribution in [3.05, 3.63) is 34.6 Å². The van der Waals surface area contributed by atoms with E-state index >= 15 is 0 Å². The average Bonchev–Trinajstić information content (AvgIpc) is 2.92. The Bertz CT molecular complexity index is 532. The minimum Gasteiger partial charge on any atom is -0.392 e. The van der Waals surface area contributed by atoms with Crippen LogP contribution in [0.3, 0.4) is 0 Å². The fourth-order valence-corrected chi connectivity index (χ4v) is 2.87. The Morgan fingerprint density at radius 2 is 2.10 bits per heavy atom. The Morgan fingerprint density at radius 3 is 2.65 bits per heavy atom. The number of nitrogens with zero attached hydrogens (tertiary/aromatic N) is 1. The number of rotatable bonds is 4. The van der Waals surface area contributed by atoms with Crippen LogP contribution in [0, 0.1) is 5.82 Å². The molecular formula is C14H16ClFN2OS. The largest absolute Gasteiger partial charge is 0.392 e. The van der Waals surface area contributed by atoms with E-state index in [1.165, 1.54) is 18.2 Å². The van der Waals surface area contributed by atoms with Gasteiger partial charge in [0.05, 0.1) is 16.6 Å². The van der Waals surface area contributed by atoms with E-state index in [0.717, 1.165) is 25.7 Å². The highest BCUT2D eigenvalue weighted by Crippen LogP contribution is 2.25. The topological polar surface area (TPSA) is 46.3 Å². The van der Waals surface area contributed by atoms with Crippen LogP contribution in [0.25, 0.3) is 0 Å². The summed E-state index contributed by atoms with van der Waals surface area (Å²) in [7, 11) is 0. The number of nitrogens with two attached hydrogens (primary N) is 1. The van der Waals surface area contributed by atoms with E-state index < -0.39 is 5.82 Å². The van der Waals surface area contributed by atoms with Crippen LogP contribution in [0.5, 0.6) is 0 Å². The van der Waals surface area contributed by atoms with Gasteiger partial charge in [0.2, 0.25) is 0 Å². The second-order valence-electron chi connectivity index (χ2n) is 4.97. The van der Waals surface area contributed by atoms with Gasteiger partial charge in [0.1, 0.15) is 5.82 Å². The maximum atomic E-state index is 13.2. The number of benzene rings is 1. The molecule has 0 aliphatic heterocycles. The molecule has 0 saturated heterocycles. The molecule has 0 heterocycles. The van der Waals surface area contributed by atoms with E-state index in [-0.39, 0.29) is 28.5 Å². The lowest BCUT2D eigenvalue weighted by Crippen LogP contribution is -2.43. The van der Waals surface area contributed by atoms with E-state index in [1.807, 2.05) is 0 Å². The number of carbonyl (C=O) groups excluding carboxylic acids is 1. The monoisotopic (exact) mass is 314 g/mol. The van der Waals surface area contributed by atoms with Crippen molar-refractivity contribution < 1.29 is 9.18 Å². The zero-order valence-corrected chi connectivity index (χ0v) is 12.5. The molecule has 1 aliphatic rings. The minimum atomic E-state index is -0.537. The van der Waals surface area contributed by atoms with Crippen molar-refractivity contribution in [2.75, 3.05) is 6.54 Å². The van der Waals surface area contributed by atoms with E-state index in [4.69, 9.17) is 29.6 Å². The van der Waals surface area contributed by atoms with Gasteiger partial charge >= 0.3 is 0 Å². The molecule has 2 N–H and O–H groups in total. The van der Waals surface area contributed by atoms with Crippen LogP contribution in [-0.2, 0) is 0 Å². The number of hydrogen-bond acceptors (Lipinski definition) is 2. The molecule has 2 rings (SSSR count). The molecule has 1 aromatic rings. The summed E-state index contributed by atoms with van der Waals surface area (Å²) >= 11 is 10.7. The summed E-state index contributed by atoms with van der Waals surface area (Å²) in [5.74, 6) is -0.739. The molecule has 108 valence electrons. The summed E-state index contributed by atoms with van der Waals surface area (Å²) in [6.45, 7) is 0.244. The second-order valence-corrected chi connectivity index (χ2v) is 5.90. The molecule has 0 unspecified atom stereocenters. The molecule has 1 amide bonds. The quantitative estimate of drug-likeness (QED) is 0.868. The Hall–Kier alpha value is -1.20. The molecule has 0 radical (unpaired) electrons. The van der Waals surface area contributed by atoms with Crippen molar-refractivity contribution in [3.8, 4) is 0 Å². The van der Waals surface area contributed by atoms with Crippen LogP contribution in [0.1, 0.15) is 36.0 Å². The molecule has 1 aromatic carbocycles. The van der Waals surface area contributed by atoms with Crippen LogP contribution < -0.4 is 5.73 Å². The first kappa shape index (κ1) is 15.2. The van der Waals surface area contributed by atoms with E-state index in [9.17, 15) is 9.18 Å². The van der Waals surface area contributed by atoms with Crippen molar-refractivity contribution in [3.63, 3.8) is 0 Å². The first-order chi connectivity index (χ1) is 9.49. The van der Waals surface area contributed by atoms with Crippen LogP contribution in [-0.4, -0.2) is 28.4 Å². The SMILES string of the molecule is NC(=S)CN(C(=O)c1ccc(F)c(Cl)c1)C1CCCC1. The molecule has 1 aliphatic carbocycles. The van der Waals surface area contributed by atoms with Crippen molar-refractivity contribution in [2.24, 2.45) is 5.73 Å². The molecular weight excluding hydrogens is 299 g/mol. The highest BCUT2D eigenvalue weighted by molar-refractivity contribution is 7.80. The lowest BCUT2D eigenvalue weighted by atomic mass is 10.1. The molecule has 1 saturated carbocycles. The van der Waals surface area contributed by atoms with Gasteiger partial charge in [-0.3, -0.25) is 4.79 Å². The van der Waals surface area contributed by atoms with Gasteiger partial charge < -0.3 is 10.6 Å². The maximum Gasteiger partial charge on any atom is 0.254 e. The van der Waals surface area contributed by atoms with Crippen molar-refractivity contribution in [1.82, 2.24) is 4.90 Å². The van der Waals surface area contributed by atoms with Crippen LogP contribution >= 0.6 is 23.8 Å². The van der Waals surface area contributed by atoms with Gasteiger partial charge in [0.25, 0.3) is 5.91 Å². The van der Waals surface area contributed by atoms with Crippen molar-refractivity contribution >= 4 is 34.7 Å². The Balaban J connectivity index is 2.24. The molecule has 6 heteroatoms. The number of carbonyl (C=O) groups is 1. The molecule has 0 bridgehead atoms. The fourth-order valence-electron chi connectivity index (χ4n) is 2.55. The zero-order valence-electron chi connectivity index (χ0n) is 10.9. The first-order valence-electron chi connectivity index (χ1n) is 6.53. The lowest BCUT2D eigenvalue weighted by molar-refractivity contribution is 0.0714. The number of halogens is 2. The average molecular weight is 315 g/mol. The predicted octanol–water partition coefficient (Wildman–Crippen LogP) is 3.15. The summed E-state index contributed by atoms with van der Waals surface area (Å²) in [5, 5.41) is -0.0578. The van der Waals surface area contributed by atoms with Crippen LogP contribution in [0.15, 0.2) is 18.2 Å². The van der Waals surface area contributed by atoms with Crippen LogP contribution in [0.2, 0.25) is 5.02 Å². The van der Waals surface area contributed by atoms with Crippen molar-refractivity contribution in [2.45, 2.75) is 31.7 Å². The van der Waals surface area contributed by atoms with Gasteiger partial charge in [-0.15, -0.1) is 0 Å². The third-order valence-corrected chi connectivity index (χ3v) is 3.94. The molecule has 1 fully saturated rings. The third kappa shape index (κ3) is 3.46. The summed E-state index contributed by atoms with van der Waals surface area (Å²) in [4.78, 5) is 14.5. The highest BCUT2D eigenvalue weighted by Gasteiger charge is 2.28. The summed E-state index contributed by atoms with van der Waals surface area (Å²) in [5.41, 5.74) is 5.94. The molecule has 0 atom stereocenters.